The highest BCUT2D eigenvalue weighted by atomic mass is 32.2. The van der Waals surface area contributed by atoms with Gasteiger partial charge in [0.1, 0.15) is 6.10 Å². The molecular formula is C22H24N2O5S2. The van der Waals surface area contributed by atoms with Crippen LogP contribution in [0.15, 0.2) is 59.1 Å². The predicted octanol–water partition coefficient (Wildman–Crippen LogP) is 4.06. The second-order valence-electron chi connectivity index (χ2n) is 7.26. The average Bonchev–Trinajstić information content (AvgIpc) is 3.46. The van der Waals surface area contributed by atoms with E-state index < -0.39 is 9.84 Å². The maximum Gasteiger partial charge on any atom is 0.175 e. The molecule has 1 saturated heterocycles. The fourth-order valence-corrected chi connectivity index (χ4v) is 4.64. The van der Waals surface area contributed by atoms with Gasteiger partial charge in [-0.05, 0) is 30.3 Å². The number of anilines is 2. The third kappa shape index (κ3) is 5.17. The summed E-state index contributed by atoms with van der Waals surface area (Å²) >= 11 is 1.54. The second-order valence-corrected chi connectivity index (χ2v) is 10.2. The first-order chi connectivity index (χ1) is 14.9. The molecular weight excluding hydrogens is 436 g/mol. The van der Waals surface area contributed by atoms with E-state index in [2.05, 4.69) is 4.98 Å². The van der Waals surface area contributed by atoms with Crippen LogP contribution >= 0.6 is 11.3 Å². The monoisotopic (exact) mass is 460 g/mol. The Hall–Kier alpha value is -2.62. The van der Waals surface area contributed by atoms with Gasteiger partial charge in [0.15, 0.2) is 21.3 Å². The zero-order valence-electron chi connectivity index (χ0n) is 17.4. The Morgan fingerprint density at radius 1 is 1.19 bits per heavy atom. The summed E-state index contributed by atoms with van der Waals surface area (Å²) in [5, 5.41) is 0. The molecule has 1 aliphatic heterocycles. The van der Waals surface area contributed by atoms with Crippen LogP contribution in [0, 0.1) is 0 Å². The first-order valence-electron chi connectivity index (χ1n) is 9.81. The van der Waals surface area contributed by atoms with Crippen LogP contribution in [0.5, 0.6) is 11.5 Å². The van der Waals surface area contributed by atoms with Crippen molar-refractivity contribution in [2.45, 2.75) is 24.0 Å². The maximum absolute atomic E-state index is 12.1. The van der Waals surface area contributed by atoms with Crippen molar-refractivity contribution in [1.82, 2.24) is 4.98 Å². The van der Waals surface area contributed by atoms with E-state index >= 15 is 0 Å². The summed E-state index contributed by atoms with van der Waals surface area (Å²) in [6.45, 7) is 1.77. The number of benzene rings is 2. The molecule has 0 N–H and O–H groups in total. The number of hydrogen-bond acceptors (Lipinski definition) is 8. The molecule has 164 valence electrons. The molecule has 9 heteroatoms. The van der Waals surface area contributed by atoms with Crippen LogP contribution in [0.4, 0.5) is 11.4 Å². The maximum atomic E-state index is 12.1. The quantitative estimate of drug-likeness (QED) is 0.502. The van der Waals surface area contributed by atoms with Gasteiger partial charge >= 0.3 is 0 Å². The molecule has 0 saturated carbocycles. The summed E-state index contributed by atoms with van der Waals surface area (Å²) in [4.78, 5) is 7.53. The number of ether oxygens (including phenoxy) is 3. The number of thiazole rings is 1. The predicted molar refractivity (Wildman–Crippen MR) is 120 cm³/mol. The molecule has 0 unspecified atom stereocenters. The van der Waals surface area contributed by atoms with Crippen LogP contribution < -0.4 is 14.4 Å². The highest BCUT2D eigenvalue weighted by molar-refractivity contribution is 7.90. The van der Waals surface area contributed by atoms with Crippen LogP contribution in [-0.4, -0.2) is 46.1 Å². The number of sulfone groups is 1. The Balaban J connectivity index is 1.75. The molecule has 0 bridgehead atoms. The van der Waals surface area contributed by atoms with Gasteiger partial charge in [-0.1, -0.05) is 6.07 Å². The summed E-state index contributed by atoms with van der Waals surface area (Å²) in [7, 11) is -1.72. The van der Waals surface area contributed by atoms with Gasteiger partial charge in [-0.2, -0.15) is 0 Å². The van der Waals surface area contributed by atoms with Crippen molar-refractivity contribution in [1.29, 1.82) is 0 Å². The summed E-state index contributed by atoms with van der Waals surface area (Å²) in [5.74, 6) is 1.27. The van der Waals surface area contributed by atoms with Crippen LogP contribution in [-0.2, 0) is 21.1 Å². The molecule has 1 aromatic heterocycles. The third-order valence-corrected chi connectivity index (χ3v) is 6.87. The zero-order valence-corrected chi connectivity index (χ0v) is 19.0. The smallest absolute Gasteiger partial charge is 0.175 e. The van der Waals surface area contributed by atoms with Crippen molar-refractivity contribution in [2.24, 2.45) is 0 Å². The fraction of sp³-hybridized carbons (Fsp3) is 0.318. The summed E-state index contributed by atoms with van der Waals surface area (Å²) in [5.41, 5.74) is 3.40. The standard InChI is InChI=1S/C22H24N2O5S2/c1-27-21-7-6-17(11-22(21)29-18-8-9-28-14-18)24(13-19-12-23-15-30-19)16-4-3-5-20(10-16)31(2,25)26/h3-7,10-12,15,18H,8-9,13-14H2,1-2H3/t18-/m1/s1. The Morgan fingerprint density at radius 3 is 2.71 bits per heavy atom. The lowest BCUT2D eigenvalue weighted by Gasteiger charge is -2.26. The molecule has 0 amide bonds. The second kappa shape index (κ2) is 9.25. The van der Waals surface area contributed by atoms with Gasteiger partial charge in [0.2, 0.25) is 0 Å². The lowest BCUT2D eigenvalue weighted by molar-refractivity contribution is 0.138. The van der Waals surface area contributed by atoms with Crippen LogP contribution in [0.2, 0.25) is 0 Å². The van der Waals surface area contributed by atoms with Gasteiger partial charge in [0.25, 0.3) is 0 Å². The molecule has 0 aliphatic carbocycles. The lowest BCUT2D eigenvalue weighted by Crippen LogP contribution is -2.18. The molecule has 1 atom stereocenters. The first-order valence-corrected chi connectivity index (χ1v) is 12.6. The minimum absolute atomic E-state index is 0.0207. The van der Waals surface area contributed by atoms with Crippen molar-refractivity contribution >= 4 is 32.5 Å². The number of nitrogens with zero attached hydrogens (tertiary/aromatic N) is 2. The van der Waals surface area contributed by atoms with Crippen LogP contribution in [0.3, 0.4) is 0 Å². The van der Waals surface area contributed by atoms with Gasteiger partial charge in [-0.25, -0.2) is 8.42 Å². The SMILES string of the molecule is COc1ccc(N(Cc2cncs2)c2cccc(S(C)(=O)=O)c2)cc1O[C@@H]1CCOC1. The van der Waals surface area contributed by atoms with Crippen molar-refractivity contribution in [3.05, 3.63) is 59.0 Å². The molecule has 2 aromatic carbocycles. The molecule has 4 rings (SSSR count). The first kappa shape index (κ1) is 21.6. The Kier molecular flexibility index (Phi) is 6.45. The van der Waals surface area contributed by atoms with E-state index in [1.807, 2.05) is 35.4 Å². The lowest BCUT2D eigenvalue weighted by atomic mass is 10.2. The van der Waals surface area contributed by atoms with E-state index in [9.17, 15) is 8.42 Å². The number of hydrogen-bond donors (Lipinski definition) is 0. The highest BCUT2D eigenvalue weighted by Gasteiger charge is 2.21. The fourth-order valence-electron chi connectivity index (χ4n) is 3.40. The van der Waals surface area contributed by atoms with Crippen molar-refractivity contribution in [3.8, 4) is 11.5 Å². The third-order valence-electron chi connectivity index (χ3n) is 5.00. The summed E-state index contributed by atoms with van der Waals surface area (Å²) < 4.78 is 41.3. The molecule has 1 fully saturated rings. The van der Waals surface area contributed by atoms with Gasteiger partial charge in [-0.15, -0.1) is 11.3 Å². The Morgan fingerprint density at radius 2 is 2.03 bits per heavy atom. The number of rotatable bonds is 8. The van der Waals surface area contributed by atoms with Crippen molar-refractivity contribution in [2.75, 3.05) is 31.5 Å². The average molecular weight is 461 g/mol. The van der Waals surface area contributed by atoms with Gasteiger partial charge in [0, 0.05) is 41.2 Å². The molecule has 31 heavy (non-hydrogen) atoms. The highest BCUT2D eigenvalue weighted by Crippen LogP contribution is 2.37. The molecule has 1 aliphatic rings. The van der Waals surface area contributed by atoms with E-state index in [1.165, 1.54) is 6.26 Å². The largest absolute Gasteiger partial charge is 0.493 e. The molecule has 3 aromatic rings. The van der Waals surface area contributed by atoms with Gasteiger partial charge < -0.3 is 19.1 Å². The molecule has 0 spiro atoms. The zero-order chi connectivity index (χ0) is 21.8. The Bertz CT molecular complexity index is 1130. The van der Waals surface area contributed by atoms with Crippen molar-refractivity contribution < 1.29 is 22.6 Å². The summed E-state index contributed by atoms with van der Waals surface area (Å²) in [6, 6.07) is 12.7. The van der Waals surface area contributed by atoms with E-state index in [-0.39, 0.29) is 11.0 Å². The normalized spacial score (nSPS) is 16.3. The van der Waals surface area contributed by atoms with Crippen LogP contribution in [0.1, 0.15) is 11.3 Å². The molecule has 0 radical (unpaired) electrons. The van der Waals surface area contributed by atoms with Crippen molar-refractivity contribution in [3.63, 3.8) is 0 Å². The van der Waals surface area contributed by atoms with E-state index in [1.54, 1.807) is 42.2 Å². The van der Waals surface area contributed by atoms with Gasteiger partial charge in [-0.3, -0.25) is 4.98 Å². The van der Waals surface area contributed by atoms with Gasteiger partial charge in [0.05, 0.1) is 37.3 Å². The number of aromatic nitrogens is 1. The summed E-state index contributed by atoms with van der Waals surface area (Å²) in [6.07, 6.45) is 3.83. The van der Waals surface area contributed by atoms with E-state index in [0.29, 0.717) is 31.3 Å². The molecule has 7 nitrogen and oxygen atoms in total. The van der Waals surface area contributed by atoms with E-state index in [4.69, 9.17) is 14.2 Å². The topological polar surface area (TPSA) is 78.0 Å². The van der Waals surface area contributed by atoms with Crippen LogP contribution in [0.25, 0.3) is 0 Å². The Labute approximate surface area is 186 Å². The van der Waals surface area contributed by atoms with E-state index in [0.717, 1.165) is 22.7 Å². The minimum atomic E-state index is -3.33. The number of methoxy groups -OCH3 is 1. The molecule has 2 heterocycles. The minimum Gasteiger partial charge on any atom is -0.493 e.